The zero-order valence-electron chi connectivity index (χ0n) is 14.2. The maximum Gasteiger partial charge on any atom is 0.349 e. The van der Waals surface area contributed by atoms with Crippen molar-refractivity contribution in [1.82, 2.24) is 9.78 Å². The van der Waals surface area contributed by atoms with Crippen LogP contribution in [0, 0.1) is 6.92 Å². The van der Waals surface area contributed by atoms with E-state index in [-0.39, 0.29) is 5.91 Å². The maximum atomic E-state index is 12.6. The lowest BCUT2D eigenvalue weighted by Crippen LogP contribution is -2.25. The van der Waals surface area contributed by atoms with Gasteiger partial charge in [0.15, 0.2) is 0 Å². The summed E-state index contributed by atoms with van der Waals surface area (Å²) in [6.45, 7) is 3.66. The Kier molecular flexibility index (Phi) is 5.36. The number of hydrogen-bond donors (Lipinski definition) is 1. The third-order valence-electron chi connectivity index (χ3n) is 4.00. The van der Waals surface area contributed by atoms with Crippen LogP contribution in [0.25, 0.3) is 10.1 Å². The van der Waals surface area contributed by atoms with Crippen LogP contribution in [-0.4, -0.2) is 28.8 Å². The molecule has 6 nitrogen and oxygen atoms in total. The normalized spacial score (nSPS) is 12.2. The first-order chi connectivity index (χ1) is 12.3. The number of halogens is 2. The van der Waals surface area contributed by atoms with Gasteiger partial charge in [-0.2, -0.15) is 5.10 Å². The Labute approximate surface area is 167 Å². The van der Waals surface area contributed by atoms with Crippen molar-refractivity contribution in [1.29, 1.82) is 0 Å². The molecule has 0 radical (unpaired) electrons. The number of nitrogens with zero attached hydrogens (tertiary/aromatic N) is 2. The van der Waals surface area contributed by atoms with Gasteiger partial charge in [-0.25, -0.2) is 4.79 Å². The van der Waals surface area contributed by atoms with Crippen LogP contribution in [0.1, 0.15) is 28.3 Å². The molecule has 136 valence electrons. The molecule has 1 atom stereocenters. The fraction of sp³-hybridized carbons (Fsp3) is 0.235. The van der Waals surface area contributed by atoms with Gasteiger partial charge in [-0.15, -0.1) is 11.3 Å². The Bertz CT molecular complexity index is 1010. The van der Waals surface area contributed by atoms with Crippen molar-refractivity contribution in [2.45, 2.75) is 19.9 Å². The van der Waals surface area contributed by atoms with Crippen LogP contribution >= 0.6 is 38.9 Å². The van der Waals surface area contributed by atoms with Gasteiger partial charge in [-0.05, 0) is 48.0 Å². The molecule has 26 heavy (non-hydrogen) atoms. The van der Waals surface area contributed by atoms with Gasteiger partial charge in [0.05, 0.1) is 28.5 Å². The van der Waals surface area contributed by atoms with E-state index >= 15 is 0 Å². The molecule has 9 heteroatoms. The Hall–Kier alpha value is -1.90. The van der Waals surface area contributed by atoms with Crippen molar-refractivity contribution in [3.05, 3.63) is 44.5 Å². The van der Waals surface area contributed by atoms with Crippen molar-refractivity contribution < 1.29 is 14.3 Å². The maximum absolute atomic E-state index is 12.6. The first-order valence-electron chi connectivity index (χ1n) is 7.64. The minimum Gasteiger partial charge on any atom is -0.465 e. The van der Waals surface area contributed by atoms with E-state index in [1.54, 1.807) is 36.0 Å². The first kappa shape index (κ1) is 18.9. The molecule has 3 rings (SSSR count). The molecule has 0 bridgehead atoms. The van der Waals surface area contributed by atoms with Gasteiger partial charge in [0.25, 0.3) is 0 Å². The standard InChI is InChI=1S/C17H15BrClN3O3S/c1-8-12(18)7-20-22(8)9(2)16(23)21-10-4-5-11-13(6-10)26-15(14(11)19)17(24)25-3/h4-7,9H,1-3H3,(H,21,23). The Morgan fingerprint density at radius 2 is 2.15 bits per heavy atom. The lowest BCUT2D eigenvalue weighted by Gasteiger charge is -2.14. The fourth-order valence-electron chi connectivity index (χ4n) is 2.52. The number of thiophene rings is 1. The zero-order valence-corrected chi connectivity index (χ0v) is 17.3. The summed E-state index contributed by atoms with van der Waals surface area (Å²) in [6.07, 6.45) is 1.66. The van der Waals surface area contributed by atoms with E-state index in [4.69, 9.17) is 16.3 Å². The number of benzene rings is 1. The summed E-state index contributed by atoms with van der Waals surface area (Å²) in [6, 6.07) is 4.83. The van der Waals surface area contributed by atoms with E-state index in [1.807, 2.05) is 6.92 Å². The van der Waals surface area contributed by atoms with Crippen molar-refractivity contribution in [3.63, 3.8) is 0 Å². The minimum absolute atomic E-state index is 0.195. The predicted octanol–water partition coefficient (Wildman–Crippen LogP) is 4.81. The van der Waals surface area contributed by atoms with Crippen LogP contribution in [0.15, 0.2) is 28.9 Å². The van der Waals surface area contributed by atoms with Gasteiger partial charge in [-0.3, -0.25) is 9.48 Å². The summed E-state index contributed by atoms with van der Waals surface area (Å²) in [4.78, 5) is 24.7. The number of aromatic nitrogens is 2. The highest BCUT2D eigenvalue weighted by molar-refractivity contribution is 9.10. The Morgan fingerprint density at radius 1 is 1.42 bits per heavy atom. The third kappa shape index (κ3) is 3.36. The second kappa shape index (κ2) is 7.38. The number of esters is 1. The number of amides is 1. The summed E-state index contributed by atoms with van der Waals surface area (Å²) in [5.41, 5.74) is 1.49. The van der Waals surface area contributed by atoms with E-state index in [0.29, 0.717) is 15.6 Å². The summed E-state index contributed by atoms with van der Waals surface area (Å²) < 4.78 is 8.03. The molecule has 2 aromatic heterocycles. The van der Waals surface area contributed by atoms with Crippen molar-refractivity contribution >= 4 is 66.5 Å². The number of hydrogen-bond acceptors (Lipinski definition) is 5. The average molecular weight is 457 g/mol. The molecule has 0 saturated heterocycles. The van der Waals surface area contributed by atoms with Crippen LogP contribution in [0.2, 0.25) is 5.02 Å². The minimum atomic E-state index is -0.477. The van der Waals surface area contributed by atoms with Gasteiger partial charge in [0, 0.05) is 15.8 Å². The molecule has 1 N–H and O–H groups in total. The molecule has 0 saturated carbocycles. The second-order valence-electron chi connectivity index (χ2n) is 5.64. The largest absolute Gasteiger partial charge is 0.465 e. The molecular weight excluding hydrogens is 442 g/mol. The first-order valence-corrected chi connectivity index (χ1v) is 9.63. The SMILES string of the molecule is COC(=O)c1sc2cc(NC(=O)C(C)n3ncc(Br)c3C)ccc2c1Cl. The van der Waals surface area contributed by atoms with Gasteiger partial charge in [0.1, 0.15) is 10.9 Å². The van der Waals surface area contributed by atoms with E-state index in [0.717, 1.165) is 20.3 Å². The molecule has 1 unspecified atom stereocenters. The summed E-state index contributed by atoms with van der Waals surface area (Å²) in [7, 11) is 1.31. The van der Waals surface area contributed by atoms with Crippen molar-refractivity contribution in [3.8, 4) is 0 Å². The van der Waals surface area contributed by atoms with Crippen molar-refractivity contribution in [2.75, 3.05) is 12.4 Å². The van der Waals surface area contributed by atoms with Crippen molar-refractivity contribution in [2.24, 2.45) is 0 Å². The molecule has 0 fully saturated rings. The summed E-state index contributed by atoms with van der Waals surface area (Å²) in [5, 5.41) is 8.19. The molecule has 0 spiro atoms. The van der Waals surface area contributed by atoms with E-state index in [1.165, 1.54) is 18.4 Å². The number of anilines is 1. The van der Waals surface area contributed by atoms with Gasteiger partial charge in [-0.1, -0.05) is 11.6 Å². The molecular formula is C17H15BrClN3O3S. The van der Waals surface area contributed by atoms with Gasteiger partial charge in [0.2, 0.25) is 5.91 Å². The van der Waals surface area contributed by atoms with Gasteiger partial charge < -0.3 is 10.1 Å². The van der Waals surface area contributed by atoms with Crippen LogP contribution in [-0.2, 0) is 9.53 Å². The summed E-state index contributed by atoms with van der Waals surface area (Å²) in [5.74, 6) is -0.672. The number of nitrogens with one attached hydrogen (secondary N) is 1. The topological polar surface area (TPSA) is 73.2 Å². The number of carbonyl (C=O) groups excluding carboxylic acids is 2. The average Bonchev–Trinajstić information content (AvgIpc) is 3.13. The second-order valence-corrected chi connectivity index (χ2v) is 7.92. The predicted molar refractivity (Wildman–Crippen MR) is 106 cm³/mol. The lowest BCUT2D eigenvalue weighted by atomic mass is 10.2. The fourth-order valence-corrected chi connectivity index (χ4v) is 4.26. The molecule has 3 aromatic rings. The number of carbonyl (C=O) groups is 2. The number of ether oxygens (including phenoxy) is 1. The van der Waals surface area contributed by atoms with Crippen LogP contribution in [0.3, 0.4) is 0 Å². The molecule has 1 amide bonds. The third-order valence-corrected chi connectivity index (χ3v) is 6.41. The molecule has 0 aliphatic rings. The lowest BCUT2D eigenvalue weighted by molar-refractivity contribution is -0.119. The zero-order chi connectivity index (χ0) is 19.0. The van der Waals surface area contributed by atoms with E-state index in [2.05, 4.69) is 26.3 Å². The molecule has 0 aliphatic heterocycles. The van der Waals surface area contributed by atoms with Crippen LogP contribution in [0.4, 0.5) is 5.69 Å². The van der Waals surface area contributed by atoms with E-state index < -0.39 is 12.0 Å². The number of rotatable bonds is 4. The van der Waals surface area contributed by atoms with Crippen LogP contribution in [0.5, 0.6) is 0 Å². The van der Waals surface area contributed by atoms with Gasteiger partial charge >= 0.3 is 5.97 Å². The molecule has 1 aromatic carbocycles. The highest BCUT2D eigenvalue weighted by Crippen LogP contribution is 2.37. The summed E-state index contributed by atoms with van der Waals surface area (Å²) >= 11 is 10.9. The Morgan fingerprint density at radius 3 is 2.77 bits per heavy atom. The molecule has 2 heterocycles. The van der Waals surface area contributed by atoms with Crippen LogP contribution < -0.4 is 5.32 Å². The monoisotopic (exact) mass is 455 g/mol. The number of fused-ring (bicyclic) bond motifs is 1. The highest BCUT2D eigenvalue weighted by Gasteiger charge is 2.20. The number of methoxy groups -OCH3 is 1. The smallest absolute Gasteiger partial charge is 0.349 e. The quantitative estimate of drug-likeness (QED) is 0.572. The molecule has 0 aliphatic carbocycles. The highest BCUT2D eigenvalue weighted by atomic mass is 79.9. The van der Waals surface area contributed by atoms with E-state index in [9.17, 15) is 9.59 Å². The Balaban J connectivity index is 1.85.